The quantitative estimate of drug-likeness (QED) is 0.921. The van der Waals surface area contributed by atoms with Crippen LogP contribution in [-0.2, 0) is 0 Å². The van der Waals surface area contributed by atoms with Gasteiger partial charge in [-0.2, -0.15) is 0 Å². The van der Waals surface area contributed by atoms with Crippen molar-refractivity contribution in [3.05, 3.63) is 34.0 Å². The summed E-state index contributed by atoms with van der Waals surface area (Å²) in [6.45, 7) is 0. The number of aromatic carboxylic acids is 1. The van der Waals surface area contributed by atoms with Gasteiger partial charge in [-0.15, -0.1) is 11.3 Å². The molecule has 76 valence electrons. The van der Waals surface area contributed by atoms with Gasteiger partial charge in [0, 0.05) is 6.20 Å². The van der Waals surface area contributed by atoms with E-state index in [0.717, 1.165) is 8.66 Å². The van der Waals surface area contributed by atoms with Crippen LogP contribution in [0.25, 0.3) is 10.6 Å². The summed E-state index contributed by atoms with van der Waals surface area (Å²) in [5.41, 5.74) is 0.569. The van der Waals surface area contributed by atoms with E-state index in [4.69, 9.17) is 5.11 Å². The number of hydrogen-bond acceptors (Lipinski definition) is 4. The van der Waals surface area contributed by atoms with E-state index in [1.165, 1.54) is 23.9 Å². The Balaban J connectivity index is 2.57. The van der Waals surface area contributed by atoms with Crippen LogP contribution in [0.2, 0.25) is 0 Å². The summed E-state index contributed by atoms with van der Waals surface area (Å²) >= 11 is 4.75. The molecule has 0 aliphatic carbocycles. The number of nitrogens with zero attached hydrogens (tertiary/aromatic N) is 2. The summed E-state index contributed by atoms with van der Waals surface area (Å²) in [6, 6.07) is 3.68. The van der Waals surface area contributed by atoms with E-state index in [0.29, 0.717) is 5.69 Å². The Morgan fingerprint density at radius 2 is 2.27 bits per heavy atom. The van der Waals surface area contributed by atoms with Crippen LogP contribution >= 0.6 is 27.3 Å². The summed E-state index contributed by atoms with van der Waals surface area (Å²) in [5.74, 6) is -1.02. The van der Waals surface area contributed by atoms with Crippen LogP contribution in [0.15, 0.2) is 28.4 Å². The van der Waals surface area contributed by atoms with Crippen molar-refractivity contribution >= 4 is 33.2 Å². The first-order chi connectivity index (χ1) is 7.18. The van der Waals surface area contributed by atoms with E-state index >= 15 is 0 Å². The molecule has 0 amide bonds. The number of carboxylic acid groups (broad SMARTS) is 1. The van der Waals surface area contributed by atoms with Crippen LogP contribution in [0.4, 0.5) is 0 Å². The number of thiophene rings is 1. The highest BCUT2D eigenvalue weighted by Gasteiger charge is 2.14. The predicted molar refractivity (Wildman–Crippen MR) is 60.0 cm³/mol. The zero-order chi connectivity index (χ0) is 10.8. The molecule has 15 heavy (non-hydrogen) atoms. The van der Waals surface area contributed by atoms with Crippen molar-refractivity contribution in [3.8, 4) is 10.6 Å². The van der Waals surface area contributed by atoms with Crippen LogP contribution in [0.3, 0.4) is 0 Å². The molecule has 1 N–H and O–H groups in total. The minimum Gasteiger partial charge on any atom is -0.478 e. The number of carboxylic acids is 1. The summed E-state index contributed by atoms with van der Waals surface area (Å²) in [6.07, 6.45) is 2.65. The minimum absolute atomic E-state index is 0.117. The first-order valence-electron chi connectivity index (χ1n) is 3.97. The molecule has 4 nitrogen and oxygen atoms in total. The lowest BCUT2D eigenvalue weighted by Crippen LogP contribution is -2.01. The topological polar surface area (TPSA) is 63.1 Å². The fourth-order valence-corrected chi connectivity index (χ4v) is 2.52. The van der Waals surface area contributed by atoms with E-state index < -0.39 is 5.97 Å². The molecule has 0 atom stereocenters. The largest absolute Gasteiger partial charge is 0.478 e. The third kappa shape index (κ3) is 2.05. The second-order valence-electron chi connectivity index (χ2n) is 2.69. The lowest BCUT2D eigenvalue weighted by atomic mass is 10.2. The number of halogens is 1. The van der Waals surface area contributed by atoms with Gasteiger partial charge in [-0.25, -0.2) is 14.8 Å². The third-order valence-electron chi connectivity index (χ3n) is 1.75. The van der Waals surface area contributed by atoms with Crippen molar-refractivity contribution in [1.29, 1.82) is 0 Å². The van der Waals surface area contributed by atoms with Crippen LogP contribution in [0.5, 0.6) is 0 Å². The van der Waals surface area contributed by atoms with Gasteiger partial charge in [-0.05, 0) is 28.1 Å². The number of hydrogen-bond donors (Lipinski definition) is 1. The molecule has 2 heterocycles. The SMILES string of the molecule is O=C(O)c1cncnc1-c1ccc(Br)s1. The summed E-state index contributed by atoms with van der Waals surface area (Å²) in [5, 5.41) is 8.95. The van der Waals surface area contributed by atoms with Crippen LogP contribution in [0, 0.1) is 0 Å². The van der Waals surface area contributed by atoms with Crippen molar-refractivity contribution < 1.29 is 9.90 Å². The second kappa shape index (κ2) is 4.08. The number of carbonyl (C=O) groups is 1. The molecule has 0 fully saturated rings. The highest BCUT2D eigenvalue weighted by Crippen LogP contribution is 2.31. The molecule has 0 spiro atoms. The van der Waals surface area contributed by atoms with E-state index in [1.54, 1.807) is 0 Å². The third-order valence-corrected chi connectivity index (χ3v) is 3.38. The maximum Gasteiger partial charge on any atom is 0.339 e. The fraction of sp³-hybridized carbons (Fsp3) is 0. The molecular formula is C9H5BrN2O2S. The molecule has 6 heteroatoms. The molecule has 0 saturated heterocycles. The van der Waals surface area contributed by atoms with Gasteiger partial charge >= 0.3 is 5.97 Å². The van der Waals surface area contributed by atoms with E-state index in [1.807, 2.05) is 12.1 Å². The molecule has 0 saturated carbocycles. The fourth-order valence-electron chi connectivity index (χ4n) is 1.12. The van der Waals surface area contributed by atoms with Gasteiger partial charge in [0.25, 0.3) is 0 Å². The van der Waals surface area contributed by atoms with Crippen LogP contribution in [0.1, 0.15) is 10.4 Å². The molecular weight excluding hydrogens is 280 g/mol. The number of aromatic nitrogens is 2. The number of rotatable bonds is 2. The molecule has 2 aromatic heterocycles. The first kappa shape index (κ1) is 10.3. The predicted octanol–water partition coefficient (Wildman–Crippen LogP) is 2.67. The van der Waals surface area contributed by atoms with Crippen molar-refractivity contribution in [1.82, 2.24) is 9.97 Å². The smallest absolute Gasteiger partial charge is 0.339 e. The van der Waals surface area contributed by atoms with Crippen molar-refractivity contribution in [2.24, 2.45) is 0 Å². The van der Waals surface area contributed by atoms with Gasteiger partial charge in [0.05, 0.1) is 14.4 Å². The highest BCUT2D eigenvalue weighted by molar-refractivity contribution is 9.11. The zero-order valence-electron chi connectivity index (χ0n) is 7.35. The molecule has 0 unspecified atom stereocenters. The van der Waals surface area contributed by atoms with Crippen molar-refractivity contribution in [2.75, 3.05) is 0 Å². The Kier molecular flexibility index (Phi) is 2.79. The lowest BCUT2D eigenvalue weighted by molar-refractivity contribution is 0.0697. The van der Waals surface area contributed by atoms with Gasteiger partial charge in [0.15, 0.2) is 0 Å². The van der Waals surface area contributed by atoms with Gasteiger partial charge in [-0.3, -0.25) is 0 Å². The molecule has 0 aliphatic heterocycles. The minimum atomic E-state index is -1.02. The van der Waals surface area contributed by atoms with E-state index in [9.17, 15) is 4.79 Å². The lowest BCUT2D eigenvalue weighted by Gasteiger charge is -2.00. The standard InChI is InChI=1S/C9H5BrN2O2S/c10-7-2-1-6(15-7)8-5(9(13)14)3-11-4-12-8/h1-4H,(H,13,14). The van der Waals surface area contributed by atoms with Crippen molar-refractivity contribution in [2.45, 2.75) is 0 Å². The maximum atomic E-state index is 10.9. The van der Waals surface area contributed by atoms with Gasteiger partial charge < -0.3 is 5.11 Å². The maximum absolute atomic E-state index is 10.9. The Morgan fingerprint density at radius 3 is 2.87 bits per heavy atom. The Bertz CT molecular complexity index is 512. The summed E-state index contributed by atoms with van der Waals surface area (Å²) in [4.78, 5) is 19.4. The highest BCUT2D eigenvalue weighted by atomic mass is 79.9. The van der Waals surface area contributed by atoms with Crippen LogP contribution in [-0.4, -0.2) is 21.0 Å². The van der Waals surface area contributed by atoms with E-state index in [2.05, 4.69) is 25.9 Å². The zero-order valence-corrected chi connectivity index (χ0v) is 9.75. The van der Waals surface area contributed by atoms with Gasteiger partial charge in [-0.1, -0.05) is 0 Å². The Labute approximate surface area is 97.8 Å². The van der Waals surface area contributed by atoms with Gasteiger partial charge in [0.1, 0.15) is 11.9 Å². The Hall–Kier alpha value is -1.27. The molecule has 2 aromatic rings. The summed E-state index contributed by atoms with van der Waals surface area (Å²) < 4.78 is 0.937. The monoisotopic (exact) mass is 284 g/mol. The second-order valence-corrected chi connectivity index (χ2v) is 5.16. The van der Waals surface area contributed by atoms with Crippen molar-refractivity contribution in [3.63, 3.8) is 0 Å². The molecule has 2 rings (SSSR count). The van der Waals surface area contributed by atoms with Crippen LogP contribution < -0.4 is 0 Å². The molecule has 0 bridgehead atoms. The molecule has 0 radical (unpaired) electrons. The molecule has 0 aromatic carbocycles. The first-order valence-corrected chi connectivity index (χ1v) is 5.58. The average molecular weight is 285 g/mol. The molecule has 0 aliphatic rings. The normalized spacial score (nSPS) is 10.2. The van der Waals surface area contributed by atoms with E-state index in [-0.39, 0.29) is 5.56 Å². The van der Waals surface area contributed by atoms with Gasteiger partial charge in [0.2, 0.25) is 0 Å². The average Bonchev–Trinajstić information content (AvgIpc) is 2.65. The Morgan fingerprint density at radius 1 is 1.47 bits per heavy atom. The summed E-state index contributed by atoms with van der Waals surface area (Å²) in [7, 11) is 0.